The van der Waals surface area contributed by atoms with Crippen molar-refractivity contribution < 1.29 is 23.1 Å². The quantitative estimate of drug-likeness (QED) is 0.915. The van der Waals surface area contributed by atoms with Crippen LogP contribution in [-0.2, 0) is 0 Å². The molecular formula is C10H9ClF3NO2. The zero-order valence-corrected chi connectivity index (χ0v) is 9.51. The number of rotatable bonds is 3. The van der Waals surface area contributed by atoms with Crippen LogP contribution < -0.4 is 4.90 Å². The van der Waals surface area contributed by atoms with Crippen molar-refractivity contribution in [1.29, 1.82) is 0 Å². The lowest BCUT2D eigenvalue weighted by atomic mass is 10.1. The van der Waals surface area contributed by atoms with E-state index in [0.717, 1.165) is 11.0 Å². The molecule has 3 nitrogen and oxygen atoms in total. The highest BCUT2D eigenvalue weighted by Gasteiger charge is 2.30. The molecule has 0 heterocycles. The lowest BCUT2D eigenvalue weighted by molar-refractivity contribution is -0.119. The zero-order valence-electron chi connectivity index (χ0n) is 8.75. The molecule has 1 aromatic carbocycles. The average Bonchev–Trinajstić information content (AvgIpc) is 2.14. The van der Waals surface area contributed by atoms with Crippen LogP contribution >= 0.6 is 11.6 Å². The molecule has 0 fully saturated rings. The zero-order chi connectivity index (χ0) is 13.2. The van der Waals surface area contributed by atoms with Crippen LogP contribution in [0.1, 0.15) is 10.4 Å². The number of anilines is 1. The second-order valence-corrected chi connectivity index (χ2v) is 3.87. The first kappa shape index (κ1) is 13.6. The van der Waals surface area contributed by atoms with Crippen LogP contribution in [0.3, 0.4) is 0 Å². The maximum Gasteiger partial charge on any atom is 0.405 e. The van der Waals surface area contributed by atoms with E-state index < -0.39 is 18.7 Å². The summed E-state index contributed by atoms with van der Waals surface area (Å²) in [6.45, 7) is -1.23. The molecule has 94 valence electrons. The summed E-state index contributed by atoms with van der Waals surface area (Å²) in [5.74, 6) is -1.32. The van der Waals surface area contributed by atoms with Crippen LogP contribution in [0.25, 0.3) is 0 Å². The fourth-order valence-electron chi connectivity index (χ4n) is 1.37. The summed E-state index contributed by atoms with van der Waals surface area (Å²) in [5.41, 5.74) is -0.288. The molecule has 7 heteroatoms. The molecular weight excluding hydrogens is 259 g/mol. The van der Waals surface area contributed by atoms with Crippen LogP contribution in [0.15, 0.2) is 18.2 Å². The Balaban J connectivity index is 3.09. The van der Waals surface area contributed by atoms with Gasteiger partial charge in [0.1, 0.15) is 6.54 Å². The molecule has 0 aliphatic rings. The highest BCUT2D eigenvalue weighted by molar-refractivity contribution is 6.31. The van der Waals surface area contributed by atoms with E-state index in [4.69, 9.17) is 16.7 Å². The van der Waals surface area contributed by atoms with Crippen molar-refractivity contribution in [3.63, 3.8) is 0 Å². The fraction of sp³-hybridized carbons (Fsp3) is 0.300. The Morgan fingerprint density at radius 2 is 2.06 bits per heavy atom. The van der Waals surface area contributed by atoms with Crippen molar-refractivity contribution in [2.45, 2.75) is 6.18 Å². The molecule has 17 heavy (non-hydrogen) atoms. The number of hydrogen-bond donors (Lipinski definition) is 1. The van der Waals surface area contributed by atoms with Gasteiger partial charge in [-0.15, -0.1) is 0 Å². The van der Waals surface area contributed by atoms with Crippen molar-refractivity contribution in [1.82, 2.24) is 0 Å². The molecule has 0 atom stereocenters. The van der Waals surface area contributed by atoms with Crippen LogP contribution in [-0.4, -0.2) is 30.8 Å². The van der Waals surface area contributed by atoms with Crippen molar-refractivity contribution in [3.8, 4) is 0 Å². The van der Waals surface area contributed by atoms with Gasteiger partial charge in [-0.05, 0) is 18.2 Å². The lowest BCUT2D eigenvalue weighted by Crippen LogP contribution is -2.31. The number of halogens is 4. The minimum Gasteiger partial charge on any atom is -0.478 e. The van der Waals surface area contributed by atoms with Crippen LogP contribution in [0.5, 0.6) is 0 Å². The van der Waals surface area contributed by atoms with Gasteiger partial charge in [-0.3, -0.25) is 0 Å². The summed E-state index contributed by atoms with van der Waals surface area (Å²) in [5, 5.41) is 9.03. The highest BCUT2D eigenvalue weighted by Crippen LogP contribution is 2.26. The van der Waals surface area contributed by atoms with E-state index in [-0.39, 0.29) is 16.3 Å². The van der Waals surface area contributed by atoms with Crippen molar-refractivity contribution in [3.05, 3.63) is 28.8 Å². The van der Waals surface area contributed by atoms with Crippen LogP contribution in [0.2, 0.25) is 5.02 Å². The van der Waals surface area contributed by atoms with E-state index in [1.54, 1.807) is 0 Å². The fourth-order valence-corrected chi connectivity index (χ4v) is 1.54. The maximum absolute atomic E-state index is 12.2. The Morgan fingerprint density at radius 3 is 2.53 bits per heavy atom. The lowest BCUT2D eigenvalue weighted by Gasteiger charge is -2.22. The largest absolute Gasteiger partial charge is 0.478 e. The van der Waals surface area contributed by atoms with Gasteiger partial charge in [-0.1, -0.05) is 11.6 Å². The number of carbonyl (C=O) groups is 1. The maximum atomic E-state index is 12.2. The summed E-state index contributed by atoms with van der Waals surface area (Å²) in [7, 11) is 1.17. The van der Waals surface area contributed by atoms with Gasteiger partial charge in [0.05, 0.1) is 11.3 Å². The first-order valence-electron chi connectivity index (χ1n) is 4.51. The molecule has 0 aliphatic carbocycles. The van der Waals surface area contributed by atoms with Crippen molar-refractivity contribution in [2.24, 2.45) is 0 Å². The topological polar surface area (TPSA) is 40.5 Å². The summed E-state index contributed by atoms with van der Waals surface area (Å²) >= 11 is 5.59. The minimum atomic E-state index is -4.40. The van der Waals surface area contributed by atoms with Gasteiger partial charge < -0.3 is 10.0 Å². The number of carboxylic acids is 1. The standard InChI is InChI=1S/C10H9ClF3NO2/c1-15(5-10(12,13)14)8-3-2-6(11)4-7(8)9(16)17/h2-4H,5H2,1H3,(H,16,17). The Kier molecular flexibility index (Phi) is 3.87. The van der Waals surface area contributed by atoms with Gasteiger partial charge in [-0.2, -0.15) is 13.2 Å². The molecule has 0 saturated carbocycles. The molecule has 1 N–H and O–H groups in total. The molecule has 0 spiro atoms. The molecule has 0 saturated heterocycles. The summed E-state index contributed by atoms with van der Waals surface area (Å²) in [4.78, 5) is 11.7. The van der Waals surface area contributed by atoms with Gasteiger partial charge in [-0.25, -0.2) is 4.79 Å². The number of nitrogens with zero attached hydrogens (tertiary/aromatic N) is 1. The SMILES string of the molecule is CN(CC(F)(F)F)c1ccc(Cl)cc1C(=O)O. The van der Waals surface area contributed by atoms with Crippen molar-refractivity contribution in [2.75, 3.05) is 18.5 Å². The minimum absolute atomic E-state index is 0.0285. The first-order valence-corrected chi connectivity index (χ1v) is 4.89. The smallest absolute Gasteiger partial charge is 0.405 e. The number of aromatic carboxylic acids is 1. The Bertz CT molecular complexity index is 434. The van der Waals surface area contributed by atoms with Gasteiger partial charge in [0.15, 0.2) is 0 Å². The third-order valence-corrected chi connectivity index (χ3v) is 2.25. The molecule has 0 aromatic heterocycles. The summed E-state index contributed by atoms with van der Waals surface area (Å²) < 4.78 is 36.6. The normalized spacial score (nSPS) is 11.4. The Labute approximate surface area is 100 Å². The molecule has 0 aliphatic heterocycles. The molecule has 0 bridgehead atoms. The highest BCUT2D eigenvalue weighted by atomic mass is 35.5. The van der Waals surface area contributed by atoms with Gasteiger partial charge in [0, 0.05) is 12.1 Å². The van der Waals surface area contributed by atoms with E-state index in [0.29, 0.717) is 0 Å². The van der Waals surface area contributed by atoms with Gasteiger partial charge in [0.25, 0.3) is 0 Å². The number of carboxylic acid groups (broad SMARTS) is 1. The first-order chi connectivity index (χ1) is 7.70. The van der Waals surface area contributed by atoms with Gasteiger partial charge in [0.2, 0.25) is 0 Å². The van der Waals surface area contributed by atoms with Crippen LogP contribution in [0.4, 0.5) is 18.9 Å². The second kappa shape index (κ2) is 4.83. The third kappa shape index (κ3) is 3.81. The predicted molar refractivity (Wildman–Crippen MR) is 57.7 cm³/mol. The number of benzene rings is 1. The molecule has 0 radical (unpaired) electrons. The van der Waals surface area contributed by atoms with E-state index in [1.165, 1.54) is 19.2 Å². The van der Waals surface area contributed by atoms with E-state index in [9.17, 15) is 18.0 Å². The van der Waals surface area contributed by atoms with E-state index in [1.807, 2.05) is 0 Å². The molecule has 0 amide bonds. The second-order valence-electron chi connectivity index (χ2n) is 3.44. The average molecular weight is 268 g/mol. The molecule has 1 rings (SSSR count). The van der Waals surface area contributed by atoms with E-state index in [2.05, 4.69) is 0 Å². The van der Waals surface area contributed by atoms with Crippen LogP contribution in [0, 0.1) is 0 Å². The monoisotopic (exact) mass is 267 g/mol. The van der Waals surface area contributed by atoms with Crippen molar-refractivity contribution >= 4 is 23.3 Å². The Hall–Kier alpha value is -1.43. The molecule has 0 unspecified atom stereocenters. The number of alkyl halides is 3. The summed E-state index contributed by atoms with van der Waals surface area (Å²) in [6.07, 6.45) is -4.40. The predicted octanol–water partition coefficient (Wildman–Crippen LogP) is 3.04. The Morgan fingerprint density at radius 1 is 1.47 bits per heavy atom. The van der Waals surface area contributed by atoms with Gasteiger partial charge >= 0.3 is 12.1 Å². The number of hydrogen-bond acceptors (Lipinski definition) is 2. The third-order valence-electron chi connectivity index (χ3n) is 2.02. The summed E-state index contributed by atoms with van der Waals surface area (Å²) in [6, 6.07) is 3.71. The molecule has 1 aromatic rings. The van der Waals surface area contributed by atoms with E-state index >= 15 is 0 Å².